The molecular weight excluding hydrogens is 280 g/mol. The monoisotopic (exact) mass is 304 g/mol. The van der Waals surface area contributed by atoms with Crippen molar-refractivity contribution in [2.24, 2.45) is 0 Å². The number of nitrogens with one attached hydrogen (secondary N) is 1. The van der Waals surface area contributed by atoms with Gasteiger partial charge in [0.1, 0.15) is 5.01 Å². The zero-order chi connectivity index (χ0) is 14.7. The van der Waals surface area contributed by atoms with Crippen LogP contribution in [0.4, 0.5) is 0 Å². The van der Waals surface area contributed by atoms with E-state index in [0.29, 0.717) is 6.04 Å². The molecule has 1 aliphatic rings. The normalized spacial score (nSPS) is 18.0. The highest BCUT2D eigenvalue weighted by atomic mass is 32.1. The van der Waals surface area contributed by atoms with E-state index in [1.165, 1.54) is 32.1 Å². The molecule has 0 spiro atoms. The number of hydrogen-bond donors (Lipinski definition) is 1. The van der Waals surface area contributed by atoms with E-state index in [-0.39, 0.29) is 6.04 Å². The van der Waals surface area contributed by atoms with E-state index >= 15 is 0 Å². The molecule has 2 aromatic rings. The van der Waals surface area contributed by atoms with Crippen LogP contribution in [-0.4, -0.2) is 14.8 Å². The summed E-state index contributed by atoms with van der Waals surface area (Å²) in [5, 5.41) is 11.5. The third-order valence-corrected chi connectivity index (χ3v) is 5.35. The van der Waals surface area contributed by atoms with Gasteiger partial charge in [0.15, 0.2) is 0 Å². The van der Waals surface area contributed by atoms with Crippen LogP contribution in [0, 0.1) is 6.92 Å². The van der Waals surface area contributed by atoms with Gasteiger partial charge in [-0.25, -0.2) is 4.98 Å². The summed E-state index contributed by atoms with van der Waals surface area (Å²) in [6.45, 7) is 5.01. The fraction of sp³-hybridized carbons (Fsp3) is 0.625. The van der Waals surface area contributed by atoms with Crippen molar-refractivity contribution in [3.8, 4) is 0 Å². The molecule has 0 radical (unpaired) electrons. The number of aryl methyl sites for hydroxylation is 1. The predicted molar refractivity (Wildman–Crippen MR) is 86.5 cm³/mol. The molecule has 1 atom stereocenters. The second-order valence-electron chi connectivity index (χ2n) is 6.01. The minimum atomic E-state index is 0.281. The maximum atomic E-state index is 4.74. The summed E-state index contributed by atoms with van der Waals surface area (Å²) in [6.07, 6.45) is 8.78. The minimum Gasteiger partial charge on any atom is -0.302 e. The first-order valence-electron chi connectivity index (χ1n) is 7.92. The highest BCUT2D eigenvalue weighted by molar-refractivity contribution is 7.09. The summed E-state index contributed by atoms with van der Waals surface area (Å²) in [5.74, 6) is 0. The molecule has 4 nitrogen and oxygen atoms in total. The van der Waals surface area contributed by atoms with E-state index in [1.807, 2.05) is 6.92 Å². The first-order chi connectivity index (χ1) is 10.2. The number of aromatic nitrogens is 3. The van der Waals surface area contributed by atoms with Crippen molar-refractivity contribution in [1.82, 2.24) is 20.1 Å². The van der Waals surface area contributed by atoms with Crippen LogP contribution in [0.15, 0.2) is 17.6 Å². The van der Waals surface area contributed by atoms with Crippen molar-refractivity contribution in [2.45, 2.75) is 64.6 Å². The molecule has 1 N–H and O–H groups in total. The Balaban J connectivity index is 1.54. The van der Waals surface area contributed by atoms with Crippen molar-refractivity contribution in [3.63, 3.8) is 0 Å². The van der Waals surface area contributed by atoms with Crippen LogP contribution in [0.25, 0.3) is 0 Å². The van der Waals surface area contributed by atoms with Gasteiger partial charge in [-0.05, 0) is 32.8 Å². The van der Waals surface area contributed by atoms with Crippen LogP contribution in [0.3, 0.4) is 0 Å². The average molecular weight is 304 g/mol. The summed E-state index contributed by atoms with van der Waals surface area (Å²) < 4.78 is 2.17. The number of nitrogens with zero attached hydrogens (tertiary/aromatic N) is 3. The molecule has 2 heterocycles. The third-order valence-electron chi connectivity index (χ3n) is 4.21. The quantitative estimate of drug-likeness (QED) is 0.907. The average Bonchev–Trinajstić information content (AvgIpc) is 3.15. The lowest BCUT2D eigenvalue weighted by atomic mass is 9.96. The Kier molecular flexibility index (Phi) is 4.70. The summed E-state index contributed by atoms with van der Waals surface area (Å²) in [6, 6.07) is 3.04. The first-order valence-corrected chi connectivity index (χ1v) is 8.80. The van der Waals surface area contributed by atoms with E-state index in [0.717, 1.165) is 22.9 Å². The van der Waals surface area contributed by atoms with Crippen molar-refractivity contribution in [3.05, 3.63) is 34.0 Å². The van der Waals surface area contributed by atoms with Crippen LogP contribution in [-0.2, 0) is 6.54 Å². The molecule has 21 heavy (non-hydrogen) atoms. The summed E-state index contributed by atoms with van der Waals surface area (Å²) >= 11 is 1.72. The van der Waals surface area contributed by atoms with Gasteiger partial charge in [0.2, 0.25) is 0 Å². The van der Waals surface area contributed by atoms with Crippen molar-refractivity contribution < 1.29 is 0 Å². The number of thiazole rings is 1. The Labute approximate surface area is 130 Å². The van der Waals surface area contributed by atoms with Gasteiger partial charge in [-0.15, -0.1) is 11.3 Å². The van der Waals surface area contributed by atoms with Crippen LogP contribution in [0.2, 0.25) is 0 Å². The van der Waals surface area contributed by atoms with Gasteiger partial charge >= 0.3 is 0 Å². The van der Waals surface area contributed by atoms with Gasteiger partial charge in [0, 0.05) is 23.8 Å². The Bertz CT molecular complexity index is 568. The fourth-order valence-electron chi connectivity index (χ4n) is 2.94. The molecule has 1 aliphatic carbocycles. The van der Waals surface area contributed by atoms with Crippen molar-refractivity contribution in [2.75, 3.05) is 0 Å². The summed E-state index contributed by atoms with van der Waals surface area (Å²) in [7, 11) is 0. The smallest absolute Gasteiger partial charge is 0.110 e. The number of rotatable bonds is 5. The van der Waals surface area contributed by atoms with E-state index in [1.54, 1.807) is 11.3 Å². The van der Waals surface area contributed by atoms with E-state index in [9.17, 15) is 0 Å². The van der Waals surface area contributed by atoms with Crippen LogP contribution in [0.5, 0.6) is 0 Å². The molecule has 5 heteroatoms. The largest absolute Gasteiger partial charge is 0.302 e. The van der Waals surface area contributed by atoms with E-state index in [4.69, 9.17) is 5.10 Å². The topological polar surface area (TPSA) is 42.7 Å². The van der Waals surface area contributed by atoms with E-state index < -0.39 is 0 Å². The van der Waals surface area contributed by atoms with Crippen LogP contribution in [0.1, 0.15) is 67.5 Å². The second kappa shape index (κ2) is 6.71. The maximum Gasteiger partial charge on any atom is 0.110 e. The number of hydrogen-bond acceptors (Lipinski definition) is 4. The Morgan fingerprint density at radius 1 is 1.38 bits per heavy atom. The van der Waals surface area contributed by atoms with Crippen LogP contribution >= 0.6 is 11.3 Å². The molecule has 1 saturated carbocycles. The van der Waals surface area contributed by atoms with Crippen molar-refractivity contribution in [1.29, 1.82) is 0 Å². The van der Waals surface area contributed by atoms with Gasteiger partial charge in [-0.2, -0.15) is 5.10 Å². The SMILES string of the molecule is Cc1csc(C(C)NCc2ccn(C3CCCCC3)n2)n1. The maximum absolute atomic E-state index is 4.74. The molecule has 0 aliphatic heterocycles. The third kappa shape index (κ3) is 3.71. The van der Waals surface area contributed by atoms with Crippen molar-refractivity contribution >= 4 is 11.3 Å². The minimum absolute atomic E-state index is 0.281. The Morgan fingerprint density at radius 3 is 2.90 bits per heavy atom. The molecule has 0 bridgehead atoms. The lowest BCUT2D eigenvalue weighted by Gasteiger charge is -2.21. The Morgan fingerprint density at radius 2 is 2.19 bits per heavy atom. The highest BCUT2D eigenvalue weighted by Gasteiger charge is 2.16. The highest BCUT2D eigenvalue weighted by Crippen LogP contribution is 2.27. The van der Waals surface area contributed by atoms with Gasteiger partial charge < -0.3 is 5.32 Å². The van der Waals surface area contributed by atoms with Gasteiger partial charge in [0.05, 0.1) is 17.8 Å². The van der Waals surface area contributed by atoms with Gasteiger partial charge in [-0.1, -0.05) is 19.3 Å². The Hall–Kier alpha value is -1.20. The predicted octanol–water partition coefficient (Wildman–Crippen LogP) is 4.00. The fourth-order valence-corrected chi connectivity index (χ4v) is 3.76. The van der Waals surface area contributed by atoms with E-state index in [2.05, 4.69) is 39.5 Å². The second-order valence-corrected chi connectivity index (χ2v) is 6.90. The summed E-state index contributed by atoms with van der Waals surface area (Å²) in [5.41, 5.74) is 2.23. The first kappa shape index (κ1) is 14.7. The molecular formula is C16H24N4S. The molecule has 114 valence electrons. The lowest BCUT2D eigenvalue weighted by Crippen LogP contribution is -2.19. The zero-order valence-electron chi connectivity index (χ0n) is 12.9. The molecule has 3 rings (SSSR count). The van der Waals surface area contributed by atoms with Gasteiger partial charge in [-0.3, -0.25) is 4.68 Å². The molecule has 2 aromatic heterocycles. The standard InChI is InChI=1S/C16H24N4S/c1-12-11-21-16(18-12)13(2)17-10-14-8-9-20(19-14)15-6-4-3-5-7-15/h8-9,11,13,15,17H,3-7,10H2,1-2H3. The van der Waals surface area contributed by atoms with Crippen LogP contribution < -0.4 is 5.32 Å². The molecule has 0 saturated heterocycles. The molecule has 0 amide bonds. The van der Waals surface area contributed by atoms with Gasteiger partial charge in [0.25, 0.3) is 0 Å². The lowest BCUT2D eigenvalue weighted by molar-refractivity contribution is 0.327. The molecule has 1 unspecified atom stereocenters. The molecule has 0 aromatic carbocycles. The summed E-state index contributed by atoms with van der Waals surface area (Å²) in [4.78, 5) is 4.53. The molecule has 1 fully saturated rings. The zero-order valence-corrected chi connectivity index (χ0v) is 13.7.